The number of hydrogen-bond acceptors (Lipinski definition) is 3. The number of phenols is 1. The first-order valence-corrected chi connectivity index (χ1v) is 20.8. The molecule has 4 heteroatoms. The summed E-state index contributed by atoms with van der Waals surface area (Å²) >= 11 is 0. The second-order valence-corrected chi connectivity index (χ2v) is 17.2. The maximum atomic E-state index is 12.3. The number of para-hydroxylation sites is 1. The second-order valence-electron chi connectivity index (χ2n) is 17.2. The molecule has 0 radical (unpaired) electrons. The van der Waals surface area contributed by atoms with Crippen LogP contribution in [0.2, 0.25) is 0 Å². The van der Waals surface area contributed by atoms with E-state index in [0.29, 0.717) is 11.4 Å². The molecule has 2 aromatic heterocycles. The van der Waals surface area contributed by atoms with Crippen LogP contribution in [0.3, 0.4) is 0 Å². The minimum Gasteiger partial charge on any atom is -0.507 e. The van der Waals surface area contributed by atoms with E-state index in [0.717, 1.165) is 89.2 Å². The Hall–Kier alpha value is -7.04. The van der Waals surface area contributed by atoms with Crippen molar-refractivity contribution in [1.82, 2.24) is 14.5 Å². The van der Waals surface area contributed by atoms with E-state index in [1.54, 1.807) is 12.1 Å². The summed E-state index contributed by atoms with van der Waals surface area (Å²) in [7, 11) is 0. The number of aromatic hydroxyl groups is 1. The minimum atomic E-state index is -2.33. The molecule has 2 heterocycles. The fourth-order valence-corrected chi connectivity index (χ4v) is 8.35. The lowest BCUT2D eigenvalue weighted by Crippen LogP contribution is -2.12. The van der Waals surface area contributed by atoms with Gasteiger partial charge in [0, 0.05) is 33.9 Å². The lowest BCUT2D eigenvalue weighted by atomic mass is 9.84. The average molecular weight is 798 g/mol. The largest absolute Gasteiger partial charge is 0.507 e. The summed E-state index contributed by atoms with van der Waals surface area (Å²) in [5, 5.41) is 12.3. The van der Waals surface area contributed by atoms with Crippen molar-refractivity contribution >= 4 is 11.0 Å². The molecule has 4 nitrogen and oxygen atoms in total. The first-order valence-electron chi connectivity index (χ1n) is 22.8. The Labute approximate surface area is 365 Å². The van der Waals surface area contributed by atoms with Crippen LogP contribution in [-0.4, -0.2) is 19.6 Å². The molecule has 0 atom stereocenters. The van der Waals surface area contributed by atoms with Gasteiger partial charge in [0.25, 0.3) is 0 Å². The number of phenolic OH excluding ortho intramolecular Hbond substituents is 1. The third-order valence-corrected chi connectivity index (χ3v) is 11.5. The van der Waals surface area contributed by atoms with Gasteiger partial charge in [0.1, 0.15) is 11.6 Å². The van der Waals surface area contributed by atoms with E-state index in [4.69, 9.17) is 15.5 Å². The van der Waals surface area contributed by atoms with E-state index in [2.05, 4.69) is 79.9 Å². The second kappa shape index (κ2) is 15.9. The topological polar surface area (TPSA) is 50.9 Å². The Bertz CT molecular complexity index is 3210. The summed E-state index contributed by atoms with van der Waals surface area (Å²) in [6, 6.07) is 54.5. The van der Waals surface area contributed by atoms with Gasteiger partial charge in [-0.3, -0.25) is 9.55 Å². The van der Waals surface area contributed by atoms with Crippen molar-refractivity contribution in [3.05, 3.63) is 192 Å². The van der Waals surface area contributed by atoms with Gasteiger partial charge >= 0.3 is 0 Å². The van der Waals surface area contributed by atoms with Crippen molar-refractivity contribution in [2.45, 2.75) is 59.7 Å². The molecule has 9 aromatic rings. The van der Waals surface area contributed by atoms with Crippen LogP contribution >= 0.6 is 0 Å². The Kier molecular flexibility index (Phi) is 9.04. The van der Waals surface area contributed by atoms with Gasteiger partial charge in [-0.1, -0.05) is 149 Å². The van der Waals surface area contributed by atoms with E-state index in [1.165, 1.54) is 0 Å². The summed E-state index contributed by atoms with van der Waals surface area (Å²) in [5.41, 5.74) is 14.7. The Morgan fingerprint density at radius 1 is 0.590 bits per heavy atom. The first-order chi connectivity index (χ1) is 30.9. The number of aryl methyl sites for hydroxylation is 2. The standard InChI is InChI=1S/C57H51N3O/c1-36(2)39-22-24-41(25-23-39)43-27-28-58-51(35-43)46-33-44(40-15-10-8-11-16-40)32-45(34-46)47-19-14-20-53-54(47)59-56(49-30-38(4)31-50(55(49)61)57(5,6)7)60(53)52-26-21-37(3)29-48(52)42-17-12-9-13-18-42/h8-36,61H,1-7H3/i3D3,36D. The molecule has 61 heavy (non-hydrogen) atoms. The van der Waals surface area contributed by atoms with Crippen LogP contribution in [0.25, 0.3) is 83.9 Å². The summed E-state index contributed by atoms with van der Waals surface area (Å²) in [6.45, 7) is 9.76. The van der Waals surface area contributed by atoms with Gasteiger partial charge in [-0.2, -0.15) is 0 Å². The highest BCUT2D eigenvalue weighted by Gasteiger charge is 2.27. The fourth-order valence-electron chi connectivity index (χ4n) is 8.35. The molecule has 0 amide bonds. The lowest BCUT2D eigenvalue weighted by Gasteiger charge is -2.23. The van der Waals surface area contributed by atoms with Crippen molar-refractivity contribution in [3.8, 4) is 78.6 Å². The third-order valence-electron chi connectivity index (χ3n) is 11.5. The Balaban J connectivity index is 1.31. The minimum absolute atomic E-state index is 0.152. The SMILES string of the molecule is [2H]C([2H])([2H])c1ccc(-n2c(-c3cc(C)cc(C(C)(C)C)c3O)nc3c(-c4cc(-c5ccccc5)cc(-c5cc(-c6ccc(C([2H])(C)C)cc6)ccn5)c4)cccc32)c(-c2ccccc2)c1. The maximum absolute atomic E-state index is 12.3. The highest BCUT2D eigenvalue weighted by atomic mass is 16.3. The highest BCUT2D eigenvalue weighted by molar-refractivity contribution is 5.98. The number of imidazole rings is 1. The van der Waals surface area contributed by atoms with Gasteiger partial charge in [-0.05, 0) is 124 Å². The molecule has 0 aliphatic rings. The van der Waals surface area contributed by atoms with Crippen molar-refractivity contribution in [2.24, 2.45) is 0 Å². The number of aromatic nitrogens is 3. The van der Waals surface area contributed by atoms with Crippen molar-refractivity contribution in [1.29, 1.82) is 0 Å². The number of hydrogen-bond donors (Lipinski definition) is 1. The number of fused-ring (bicyclic) bond motifs is 1. The quantitative estimate of drug-likeness (QED) is 0.167. The van der Waals surface area contributed by atoms with Crippen LogP contribution < -0.4 is 0 Å². The van der Waals surface area contributed by atoms with Crippen molar-refractivity contribution in [2.75, 3.05) is 0 Å². The molecule has 0 spiro atoms. The summed E-state index contributed by atoms with van der Waals surface area (Å²) in [6.07, 6.45) is 1.85. The monoisotopic (exact) mass is 797 g/mol. The molecular weight excluding hydrogens is 743 g/mol. The van der Waals surface area contributed by atoms with Crippen molar-refractivity contribution < 1.29 is 10.6 Å². The van der Waals surface area contributed by atoms with Gasteiger partial charge in [0.05, 0.1) is 28.0 Å². The molecule has 7 aromatic carbocycles. The van der Waals surface area contributed by atoms with Crippen LogP contribution in [0.5, 0.6) is 5.75 Å². The molecule has 0 aliphatic heterocycles. The molecular formula is C57H51N3O. The highest BCUT2D eigenvalue weighted by Crippen LogP contribution is 2.44. The molecule has 300 valence electrons. The van der Waals surface area contributed by atoms with E-state index in [-0.39, 0.29) is 16.7 Å². The predicted molar refractivity (Wildman–Crippen MR) is 255 cm³/mol. The number of pyridine rings is 1. The normalized spacial score (nSPS) is 13.1. The molecule has 0 fully saturated rings. The Morgan fingerprint density at radius 3 is 1.97 bits per heavy atom. The van der Waals surface area contributed by atoms with E-state index in [1.807, 2.05) is 124 Å². The van der Waals surface area contributed by atoms with Gasteiger partial charge in [0.15, 0.2) is 0 Å². The van der Waals surface area contributed by atoms with Crippen LogP contribution in [0.15, 0.2) is 170 Å². The molecule has 9 rings (SSSR count). The van der Waals surface area contributed by atoms with E-state index in [9.17, 15) is 5.11 Å². The Morgan fingerprint density at radius 2 is 1.26 bits per heavy atom. The van der Waals surface area contributed by atoms with E-state index >= 15 is 0 Å². The molecule has 0 unspecified atom stereocenters. The number of rotatable bonds is 8. The zero-order valence-electron chi connectivity index (χ0n) is 39.5. The van der Waals surface area contributed by atoms with Crippen LogP contribution in [-0.2, 0) is 5.41 Å². The van der Waals surface area contributed by atoms with E-state index < -0.39 is 12.7 Å². The molecule has 0 aliphatic carbocycles. The van der Waals surface area contributed by atoms with Gasteiger partial charge in [-0.15, -0.1) is 0 Å². The fraction of sp³-hybridized carbons (Fsp3) is 0.158. The van der Waals surface area contributed by atoms with Gasteiger partial charge in [-0.25, -0.2) is 4.98 Å². The van der Waals surface area contributed by atoms with Crippen LogP contribution in [0.1, 0.15) is 68.2 Å². The summed E-state index contributed by atoms with van der Waals surface area (Å²) in [4.78, 5) is 10.4. The number of benzene rings is 7. The van der Waals surface area contributed by atoms with Crippen molar-refractivity contribution in [3.63, 3.8) is 0 Å². The van der Waals surface area contributed by atoms with Gasteiger partial charge < -0.3 is 5.11 Å². The van der Waals surface area contributed by atoms with Gasteiger partial charge in [0.2, 0.25) is 0 Å². The summed E-state index contributed by atoms with van der Waals surface area (Å²) in [5.74, 6) is -0.00881. The molecule has 0 bridgehead atoms. The maximum Gasteiger partial charge on any atom is 0.149 e. The zero-order chi connectivity index (χ0) is 45.8. The molecule has 1 N–H and O–H groups in total. The zero-order valence-corrected chi connectivity index (χ0v) is 35.5. The van der Waals surface area contributed by atoms with Crippen LogP contribution in [0, 0.1) is 13.8 Å². The smallest absolute Gasteiger partial charge is 0.149 e. The van der Waals surface area contributed by atoms with Crippen LogP contribution in [0.4, 0.5) is 0 Å². The molecule has 0 saturated carbocycles. The third kappa shape index (κ3) is 7.66. The average Bonchev–Trinajstić information content (AvgIpc) is 3.68. The first kappa shape index (κ1) is 34.8. The number of nitrogens with zero attached hydrogens (tertiary/aromatic N) is 3. The predicted octanol–water partition coefficient (Wildman–Crippen LogP) is 15.2. The molecule has 0 saturated heterocycles. The summed E-state index contributed by atoms with van der Waals surface area (Å²) < 4.78 is 35.6. The lowest BCUT2D eigenvalue weighted by molar-refractivity contribution is 0.448.